The predicted octanol–water partition coefficient (Wildman–Crippen LogP) is 3.30. The fourth-order valence-electron chi connectivity index (χ4n) is 2.74. The summed E-state index contributed by atoms with van der Waals surface area (Å²) in [6.45, 7) is 2.36. The Morgan fingerprint density at radius 1 is 1.24 bits per heavy atom. The molecule has 17 heavy (non-hydrogen) atoms. The van der Waals surface area contributed by atoms with E-state index >= 15 is 0 Å². The molecular formula is C15H18N2. The zero-order valence-corrected chi connectivity index (χ0v) is 10.4. The SMILES string of the molecule is CNC(c1cncc2ccccc12)C1(C)CC1. The zero-order valence-electron chi connectivity index (χ0n) is 10.4. The molecule has 3 rings (SSSR count). The van der Waals surface area contributed by atoms with Gasteiger partial charge in [-0.1, -0.05) is 31.2 Å². The standard InChI is InChI=1S/C15H18N2/c1-15(7-8-15)14(16-2)13-10-17-9-11-5-3-4-6-12(11)13/h3-6,9-10,14,16H,7-8H2,1-2H3. The zero-order chi connectivity index (χ0) is 11.9. The van der Waals surface area contributed by atoms with Gasteiger partial charge in [0.05, 0.1) is 0 Å². The lowest BCUT2D eigenvalue weighted by Crippen LogP contribution is -2.24. The van der Waals surface area contributed by atoms with Crippen molar-refractivity contribution in [1.82, 2.24) is 10.3 Å². The van der Waals surface area contributed by atoms with Gasteiger partial charge in [0.25, 0.3) is 0 Å². The molecule has 1 saturated carbocycles. The Morgan fingerprint density at radius 2 is 2.00 bits per heavy atom. The van der Waals surface area contributed by atoms with Crippen LogP contribution in [0.5, 0.6) is 0 Å². The van der Waals surface area contributed by atoms with Gasteiger partial charge < -0.3 is 5.32 Å². The Kier molecular flexibility index (Phi) is 2.40. The van der Waals surface area contributed by atoms with Crippen LogP contribution in [0.3, 0.4) is 0 Å². The molecule has 1 N–H and O–H groups in total. The molecule has 1 heterocycles. The molecule has 1 fully saturated rings. The van der Waals surface area contributed by atoms with Crippen molar-refractivity contribution in [3.05, 3.63) is 42.2 Å². The molecule has 1 aliphatic rings. The maximum Gasteiger partial charge on any atom is 0.0393 e. The number of nitrogens with one attached hydrogen (secondary N) is 1. The van der Waals surface area contributed by atoms with Crippen molar-refractivity contribution in [2.75, 3.05) is 7.05 Å². The van der Waals surface area contributed by atoms with Gasteiger partial charge in [0.1, 0.15) is 0 Å². The third kappa shape index (κ3) is 1.73. The topological polar surface area (TPSA) is 24.9 Å². The molecule has 88 valence electrons. The third-order valence-electron chi connectivity index (χ3n) is 4.03. The number of benzene rings is 1. The summed E-state index contributed by atoms with van der Waals surface area (Å²) in [6, 6.07) is 8.92. The maximum absolute atomic E-state index is 4.38. The number of hydrogen-bond donors (Lipinski definition) is 1. The van der Waals surface area contributed by atoms with Crippen LogP contribution in [0.25, 0.3) is 10.8 Å². The molecule has 1 atom stereocenters. The molecule has 0 aliphatic heterocycles. The van der Waals surface area contributed by atoms with Gasteiger partial charge in [-0.3, -0.25) is 4.98 Å². The van der Waals surface area contributed by atoms with Gasteiger partial charge in [-0.2, -0.15) is 0 Å². The molecule has 2 heteroatoms. The van der Waals surface area contributed by atoms with Crippen LogP contribution in [-0.2, 0) is 0 Å². The summed E-state index contributed by atoms with van der Waals surface area (Å²) in [4.78, 5) is 4.38. The minimum absolute atomic E-state index is 0.417. The summed E-state index contributed by atoms with van der Waals surface area (Å²) < 4.78 is 0. The highest BCUT2D eigenvalue weighted by Crippen LogP contribution is 2.54. The fourth-order valence-corrected chi connectivity index (χ4v) is 2.74. The van der Waals surface area contributed by atoms with Crippen molar-refractivity contribution in [3.63, 3.8) is 0 Å². The highest BCUT2D eigenvalue weighted by molar-refractivity contribution is 5.85. The first-order valence-corrected chi connectivity index (χ1v) is 6.24. The summed E-state index contributed by atoms with van der Waals surface area (Å²) in [5.74, 6) is 0. The van der Waals surface area contributed by atoms with E-state index in [1.165, 1.54) is 29.2 Å². The van der Waals surface area contributed by atoms with Crippen molar-refractivity contribution in [3.8, 4) is 0 Å². The Hall–Kier alpha value is -1.41. The van der Waals surface area contributed by atoms with E-state index in [2.05, 4.69) is 48.5 Å². The van der Waals surface area contributed by atoms with Crippen LogP contribution in [0.15, 0.2) is 36.7 Å². The number of rotatable bonds is 3. The van der Waals surface area contributed by atoms with E-state index in [1.54, 1.807) is 0 Å². The monoisotopic (exact) mass is 226 g/mol. The van der Waals surface area contributed by atoms with Gasteiger partial charge in [0.2, 0.25) is 0 Å². The molecule has 1 aromatic heterocycles. The quantitative estimate of drug-likeness (QED) is 0.868. The molecule has 1 aliphatic carbocycles. The predicted molar refractivity (Wildman–Crippen MR) is 70.9 cm³/mol. The number of nitrogens with zero attached hydrogens (tertiary/aromatic N) is 1. The molecule has 0 spiro atoms. The smallest absolute Gasteiger partial charge is 0.0393 e. The van der Waals surface area contributed by atoms with E-state index in [0.29, 0.717) is 11.5 Å². The first-order chi connectivity index (χ1) is 8.24. The average molecular weight is 226 g/mol. The molecule has 2 nitrogen and oxygen atoms in total. The largest absolute Gasteiger partial charge is 0.312 e. The summed E-state index contributed by atoms with van der Waals surface area (Å²) in [5, 5.41) is 6.03. The average Bonchev–Trinajstić information content (AvgIpc) is 3.09. The number of pyridine rings is 1. The lowest BCUT2D eigenvalue weighted by Gasteiger charge is -2.24. The van der Waals surface area contributed by atoms with Crippen LogP contribution >= 0.6 is 0 Å². The Bertz CT molecular complexity index is 538. The first kappa shape index (κ1) is 10.7. The second-order valence-corrected chi connectivity index (χ2v) is 5.33. The normalized spacial score (nSPS) is 19.2. The second kappa shape index (κ2) is 3.81. The highest BCUT2D eigenvalue weighted by atomic mass is 14.9. The lowest BCUT2D eigenvalue weighted by molar-refractivity contribution is 0.392. The Balaban J connectivity index is 2.16. The summed E-state index contributed by atoms with van der Waals surface area (Å²) in [5.41, 5.74) is 1.76. The minimum Gasteiger partial charge on any atom is -0.312 e. The Morgan fingerprint density at radius 3 is 2.71 bits per heavy atom. The van der Waals surface area contributed by atoms with Crippen molar-refractivity contribution in [1.29, 1.82) is 0 Å². The van der Waals surface area contributed by atoms with E-state index in [1.807, 2.05) is 12.4 Å². The number of fused-ring (bicyclic) bond motifs is 1. The van der Waals surface area contributed by atoms with Gasteiger partial charge in [-0.05, 0) is 36.3 Å². The summed E-state index contributed by atoms with van der Waals surface area (Å²) >= 11 is 0. The van der Waals surface area contributed by atoms with Gasteiger partial charge in [-0.25, -0.2) is 0 Å². The van der Waals surface area contributed by atoms with Crippen LogP contribution < -0.4 is 5.32 Å². The van der Waals surface area contributed by atoms with Crippen molar-refractivity contribution in [2.24, 2.45) is 5.41 Å². The third-order valence-corrected chi connectivity index (χ3v) is 4.03. The molecule has 0 amide bonds. The number of aromatic nitrogens is 1. The van der Waals surface area contributed by atoms with Crippen molar-refractivity contribution < 1.29 is 0 Å². The molecular weight excluding hydrogens is 208 g/mol. The van der Waals surface area contributed by atoms with E-state index in [0.717, 1.165) is 0 Å². The van der Waals surface area contributed by atoms with Crippen molar-refractivity contribution >= 4 is 10.8 Å². The van der Waals surface area contributed by atoms with E-state index in [9.17, 15) is 0 Å². The van der Waals surface area contributed by atoms with Crippen LogP contribution in [0.4, 0.5) is 0 Å². The van der Waals surface area contributed by atoms with E-state index < -0.39 is 0 Å². The fraction of sp³-hybridized carbons (Fsp3) is 0.400. The van der Waals surface area contributed by atoms with Crippen LogP contribution in [-0.4, -0.2) is 12.0 Å². The maximum atomic E-state index is 4.38. The van der Waals surface area contributed by atoms with Crippen LogP contribution in [0.2, 0.25) is 0 Å². The number of hydrogen-bond acceptors (Lipinski definition) is 2. The van der Waals surface area contributed by atoms with Gasteiger partial charge >= 0.3 is 0 Å². The van der Waals surface area contributed by atoms with Crippen LogP contribution in [0.1, 0.15) is 31.4 Å². The summed E-state index contributed by atoms with van der Waals surface area (Å²) in [6.07, 6.45) is 6.58. The molecule has 0 bridgehead atoms. The van der Waals surface area contributed by atoms with Gasteiger partial charge in [0, 0.05) is 23.8 Å². The Labute approximate surface area is 102 Å². The van der Waals surface area contributed by atoms with Gasteiger partial charge in [0.15, 0.2) is 0 Å². The van der Waals surface area contributed by atoms with Gasteiger partial charge in [-0.15, -0.1) is 0 Å². The highest BCUT2D eigenvalue weighted by Gasteiger charge is 2.45. The molecule has 0 radical (unpaired) electrons. The van der Waals surface area contributed by atoms with E-state index in [-0.39, 0.29) is 0 Å². The van der Waals surface area contributed by atoms with Crippen LogP contribution in [0, 0.1) is 5.41 Å². The molecule has 2 aromatic rings. The lowest BCUT2D eigenvalue weighted by atomic mass is 9.90. The molecule has 0 saturated heterocycles. The molecule has 1 aromatic carbocycles. The minimum atomic E-state index is 0.417. The first-order valence-electron chi connectivity index (χ1n) is 6.24. The summed E-state index contributed by atoms with van der Waals surface area (Å²) in [7, 11) is 2.05. The molecule has 1 unspecified atom stereocenters. The van der Waals surface area contributed by atoms with E-state index in [4.69, 9.17) is 0 Å². The van der Waals surface area contributed by atoms with Crippen molar-refractivity contribution in [2.45, 2.75) is 25.8 Å². The second-order valence-electron chi connectivity index (χ2n) is 5.33.